The molecule has 3 aromatic rings. The van der Waals surface area contributed by atoms with E-state index in [1.807, 2.05) is 31.2 Å². The van der Waals surface area contributed by atoms with Gasteiger partial charge in [-0.15, -0.1) is 0 Å². The topological polar surface area (TPSA) is 88.5 Å². The number of nitrogens with one attached hydrogen (secondary N) is 1. The maximum atomic E-state index is 13.1. The molecule has 0 saturated carbocycles. The normalized spacial score (nSPS) is 17.5. The predicted molar refractivity (Wildman–Crippen MR) is 128 cm³/mol. The van der Waals surface area contributed by atoms with E-state index in [-0.39, 0.29) is 34.7 Å². The number of piperidine rings is 1. The fraction of sp³-hybridized carbons (Fsp3) is 0.391. The van der Waals surface area contributed by atoms with E-state index in [1.54, 1.807) is 33.1 Å². The lowest BCUT2D eigenvalue weighted by Gasteiger charge is -2.34. The van der Waals surface area contributed by atoms with Gasteiger partial charge >= 0.3 is 4.87 Å². The van der Waals surface area contributed by atoms with E-state index in [2.05, 4.69) is 5.32 Å². The zero-order valence-corrected chi connectivity index (χ0v) is 19.6. The molecule has 32 heavy (non-hydrogen) atoms. The summed E-state index contributed by atoms with van der Waals surface area (Å²) >= 11 is 1.17. The van der Waals surface area contributed by atoms with Crippen molar-refractivity contribution >= 4 is 43.2 Å². The van der Waals surface area contributed by atoms with Crippen LogP contribution in [0.15, 0.2) is 58.2 Å². The van der Waals surface area contributed by atoms with Crippen LogP contribution < -0.4 is 10.2 Å². The Balaban J connectivity index is 1.40. The van der Waals surface area contributed by atoms with Gasteiger partial charge in [-0.2, -0.15) is 4.31 Å². The highest BCUT2D eigenvalue weighted by Gasteiger charge is 2.32. The van der Waals surface area contributed by atoms with Gasteiger partial charge in [-0.25, -0.2) is 8.42 Å². The number of hydrogen-bond donors (Lipinski definition) is 1. The van der Waals surface area contributed by atoms with E-state index in [1.165, 1.54) is 11.3 Å². The molecule has 1 aliphatic rings. The summed E-state index contributed by atoms with van der Waals surface area (Å²) in [5.74, 6) is -0.232. The highest BCUT2D eigenvalue weighted by Crippen LogP contribution is 2.27. The average Bonchev–Trinajstić information content (AvgIpc) is 3.13. The Morgan fingerprint density at radius 1 is 1.12 bits per heavy atom. The van der Waals surface area contributed by atoms with Crippen LogP contribution in [0.4, 0.5) is 5.69 Å². The molecule has 2 heterocycles. The third kappa shape index (κ3) is 4.65. The Bertz CT molecular complexity index is 1260. The first-order chi connectivity index (χ1) is 15.4. The van der Waals surface area contributed by atoms with Crippen molar-refractivity contribution < 1.29 is 13.2 Å². The number of aryl methyl sites for hydroxylation is 1. The summed E-state index contributed by atoms with van der Waals surface area (Å²) in [5, 5.41) is 2.79. The highest BCUT2D eigenvalue weighted by molar-refractivity contribution is 7.89. The number of para-hydroxylation sites is 1. The van der Waals surface area contributed by atoms with E-state index in [4.69, 9.17) is 0 Å². The standard InChI is InChI=1S/C23H27N3O4S2/c1-2-18-7-5-6-15-26(18)32(29,30)19-12-10-17(11-13-19)24-22(27)14-16-25-20-8-3-4-9-21(20)31-23(25)28/h3-4,8-13,18H,2,5-7,14-16H2,1H3,(H,24,27)/t18-/m1/s1. The zero-order chi connectivity index (χ0) is 22.7. The molecule has 1 atom stereocenters. The number of thiazole rings is 1. The number of aromatic nitrogens is 1. The van der Waals surface area contributed by atoms with Crippen LogP contribution in [0.25, 0.3) is 10.2 Å². The Kier molecular flexibility index (Phi) is 6.78. The van der Waals surface area contributed by atoms with Gasteiger partial charge in [0.15, 0.2) is 0 Å². The number of nitrogens with zero attached hydrogens (tertiary/aromatic N) is 2. The summed E-state index contributed by atoms with van der Waals surface area (Å²) in [5.41, 5.74) is 1.36. The Labute approximate surface area is 191 Å². The molecule has 2 aromatic carbocycles. The smallest absolute Gasteiger partial charge is 0.308 e. The number of fused-ring (bicyclic) bond motifs is 1. The Morgan fingerprint density at radius 3 is 2.62 bits per heavy atom. The largest absolute Gasteiger partial charge is 0.326 e. The minimum absolute atomic E-state index is 0.0460. The number of anilines is 1. The lowest BCUT2D eigenvalue weighted by molar-refractivity contribution is -0.116. The third-order valence-electron chi connectivity index (χ3n) is 5.93. The van der Waals surface area contributed by atoms with Crippen LogP contribution in [0.2, 0.25) is 0 Å². The molecule has 0 aliphatic carbocycles. The van der Waals surface area contributed by atoms with E-state index < -0.39 is 10.0 Å². The number of carbonyl (C=O) groups excluding carboxylic acids is 1. The van der Waals surface area contributed by atoms with Crippen LogP contribution in [0.5, 0.6) is 0 Å². The first-order valence-corrected chi connectivity index (χ1v) is 13.2. The van der Waals surface area contributed by atoms with Gasteiger partial charge in [0, 0.05) is 31.2 Å². The minimum atomic E-state index is -3.55. The summed E-state index contributed by atoms with van der Waals surface area (Å²) in [4.78, 5) is 24.8. The van der Waals surface area contributed by atoms with Gasteiger partial charge in [0.1, 0.15) is 0 Å². The van der Waals surface area contributed by atoms with Crippen molar-refractivity contribution in [3.05, 3.63) is 58.2 Å². The molecule has 1 N–H and O–H groups in total. The summed E-state index contributed by atoms with van der Waals surface area (Å²) < 4.78 is 30.3. The van der Waals surface area contributed by atoms with Gasteiger partial charge in [-0.3, -0.25) is 14.2 Å². The van der Waals surface area contributed by atoms with Crippen molar-refractivity contribution in [1.29, 1.82) is 0 Å². The predicted octanol–water partition coefficient (Wildman–Crippen LogP) is 4.05. The summed E-state index contributed by atoms with van der Waals surface area (Å²) in [7, 11) is -3.55. The monoisotopic (exact) mass is 473 g/mol. The molecular formula is C23H27N3O4S2. The number of carbonyl (C=O) groups is 1. The fourth-order valence-corrected chi connectivity index (χ4v) is 6.89. The molecular weight excluding hydrogens is 446 g/mol. The van der Waals surface area contributed by atoms with Crippen LogP contribution in [-0.4, -0.2) is 35.8 Å². The van der Waals surface area contributed by atoms with Crippen LogP contribution >= 0.6 is 11.3 Å². The molecule has 1 aliphatic heterocycles. The molecule has 4 rings (SSSR count). The molecule has 9 heteroatoms. The third-order valence-corrected chi connectivity index (χ3v) is 8.85. The van der Waals surface area contributed by atoms with Gasteiger partial charge in [-0.1, -0.05) is 36.8 Å². The van der Waals surface area contributed by atoms with Crippen LogP contribution in [0, 0.1) is 0 Å². The summed E-state index contributed by atoms with van der Waals surface area (Å²) in [6.45, 7) is 2.86. The van der Waals surface area contributed by atoms with Crippen molar-refractivity contribution in [2.75, 3.05) is 11.9 Å². The van der Waals surface area contributed by atoms with Crippen molar-refractivity contribution in [3.63, 3.8) is 0 Å². The average molecular weight is 474 g/mol. The van der Waals surface area contributed by atoms with Crippen LogP contribution in [0.1, 0.15) is 39.0 Å². The number of amides is 1. The fourth-order valence-electron chi connectivity index (χ4n) is 4.21. The molecule has 1 fully saturated rings. The van der Waals surface area contributed by atoms with E-state index in [9.17, 15) is 18.0 Å². The van der Waals surface area contributed by atoms with Gasteiger partial charge < -0.3 is 5.32 Å². The van der Waals surface area contributed by atoms with Crippen molar-refractivity contribution in [3.8, 4) is 0 Å². The minimum Gasteiger partial charge on any atom is -0.326 e. The van der Waals surface area contributed by atoms with Gasteiger partial charge in [-0.05, 0) is 55.7 Å². The second kappa shape index (κ2) is 9.56. The molecule has 7 nitrogen and oxygen atoms in total. The first kappa shape index (κ1) is 22.7. The van der Waals surface area contributed by atoms with E-state index >= 15 is 0 Å². The highest BCUT2D eigenvalue weighted by atomic mass is 32.2. The molecule has 1 amide bonds. The number of sulfonamides is 1. The molecule has 0 radical (unpaired) electrons. The summed E-state index contributed by atoms with van der Waals surface area (Å²) in [6.07, 6.45) is 3.78. The van der Waals surface area contributed by atoms with Gasteiger partial charge in [0.25, 0.3) is 0 Å². The molecule has 0 spiro atoms. The Morgan fingerprint density at radius 2 is 1.88 bits per heavy atom. The maximum absolute atomic E-state index is 13.1. The SMILES string of the molecule is CC[C@@H]1CCCCN1S(=O)(=O)c1ccc(NC(=O)CCn2c(=O)sc3ccccc32)cc1. The number of rotatable bonds is 7. The number of hydrogen-bond acceptors (Lipinski definition) is 5. The molecule has 0 unspecified atom stereocenters. The molecule has 1 aromatic heterocycles. The zero-order valence-electron chi connectivity index (χ0n) is 18.0. The van der Waals surface area contributed by atoms with Crippen molar-refractivity contribution in [1.82, 2.24) is 8.87 Å². The first-order valence-electron chi connectivity index (χ1n) is 10.9. The second-order valence-electron chi connectivity index (χ2n) is 7.98. The summed E-state index contributed by atoms with van der Waals surface area (Å²) in [6, 6.07) is 13.9. The maximum Gasteiger partial charge on any atom is 0.308 e. The molecule has 1 saturated heterocycles. The van der Waals surface area contributed by atoms with Gasteiger partial charge in [0.05, 0.1) is 15.1 Å². The lowest BCUT2D eigenvalue weighted by atomic mass is 10.0. The molecule has 0 bridgehead atoms. The van der Waals surface area contributed by atoms with Crippen LogP contribution in [-0.2, 0) is 21.4 Å². The van der Waals surface area contributed by atoms with E-state index in [0.29, 0.717) is 12.2 Å². The quantitative estimate of drug-likeness (QED) is 0.561. The Hall–Kier alpha value is -2.49. The number of benzene rings is 2. The lowest BCUT2D eigenvalue weighted by Crippen LogP contribution is -2.43. The van der Waals surface area contributed by atoms with Gasteiger partial charge in [0.2, 0.25) is 15.9 Å². The van der Waals surface area contributed by atoms with Crippen molar-refractivity contribution in [2.45, 2.75) is 56.5 Å². The van der Waals surface area contributed by atoms with Crippen molar-refractivity contribution in [2.24, 2.45) is 0 Å². The molecule has 170 valence electrons. The van der Waals surface area contributed by atoms with Crippen LogP contribution in [0.3, 0.4) is 0 Å². The van der Waals surface area contributed by atoms with E-state index in [0.717, 1.165) is 35.9 Å². The second-order valence-corrected chi connectivity index (χ2v) is 10.9.